The maximum atomic E-state index is 10.8. The molecule has 0 bridgehead atoms. The Morgan fingerprint density at radius 1 is 1.60 bits per heavy atom. The Hall–Kier alpha value is -0.280. The molecule has 0 aromatic heterocycles. The van der Waals surface area contributed by atoms with Crippen LogP contribution in [-0.4, -0.2) is 30.9 Å². The van der Waals surface area contributed by atoms with Gasteiger partial charge in [0, 0.05) is 26.6 Å². The molecule has 0 aliphatic carbocycles. The quantitative estimate of drug-likeness (QED) is 0.639. The van der Waals surface area contributed by atoms with Crippen molar-refractivity contribution in [2.75, 3.05) is 14.1 Å². The van der Waals surface area contributed by atoms with Gasteiger partial charge in [-0.05, 0) is 6.92 Å². The normalized spacial score (nSPS) is 11.6. The van der Waals surface area contributed by atoms with Gasteiger partial charge in [-0.15, -0.1) is 12.4 Å². The summed E-state index contributed by atoms with van der Waals surface area (Å²) in [5.74, 6) is 0.0880. The van der Waals surface area contributed by atoms with Crippen molar-refractivity contribution in [3.8, 4) is 0 Å². The minimum atomic E-state index is -0.0279. The van der Waals surface area contributed by atoms with Gasteiger partial charge in [0.2, 0.25) is 5.91 Å². The number of halogens is 1. The summed E-state index contributed by atoms with van der Waals surface area (Å²) < 4.78 is 0. The molecule has 10 heavy (non-hydrogen) atoms. The van der Waals surface area contributed by atoms with E-state index in [9.17, 15) is 4.79 Å². The fraction of sp³-hybridized carbons (Fsp3) is 0.833. The van der Waals surface area contributed by atoms with E-state index in [-0.39, 0.29) is 24.4 Å². The number of nitrogens with two attached hydrogens (primary N) is 1. The molecule has 0 aromatic rings. The highest BCUT2D eigenvalue weighted by atomic mass is 35.5. The molecular weight excluding hydrogens is 152 g/mol. The summed E-state index contributed by atoms with van der Waals surface area (Å²) in [7, 11) is 3.45. The van der Waals surface area contributed by atoms with Crippen LogP contribution in [0.25, 0.3) is 0 Å². The molecular formula is C6H15ClN2O. The first kappa shape index (κ1) is 12.4. The van der Waals surface area contributed by atoms with Crippen LogP contribution in [0, 0.1) is 0 Å². The molecule has 1 atom stereocenters. The van der Waals surface area contributed by atoms with Gasteiger partial charge in [0.05, 0.1) is 0 Å². The lowest BCUT2D eigenvalue weighted by Gasteiger charge is -2.11. The zero-order chi connectivity index (χ0) is 7.44. The predicted octanol–water partition coefficient (Wildman–Crippen LogP) is 0.234. The van der Waals surface area contributed by atoms with Gasteiger partial charge in [-0.1, -0.05) is 0 Å². The average Bonchev–Trinajstić information content (AvgIpc) is 1.63. The highest BCUT2D eigenvalue weighted by Crippen LogP contribution is 1.89. The first-order valence-electron chi connectivity index (χ1n) is 2.99. The summed E-state index contributed by atoms with van der Waals surface area (Å²) in [4.78, 5) is 12.3. The van der Waals surface area contributed by atoms with Gasteiger partial charge in [-0.25, -0.2) is 0 Å². The lowest BCUT2D eigenvalue weighted by atomic mass is 10.2. The van der Waals surface area contributed by atoms with Crippen molar-refractivity contribution in [2.45, 2.75) is 19.4 Å². The van der Waals surface area contributed by atoms with Crippen LogP contribution < -0.4 is 5.73 Å². The van der Waals surface area contributed by atoms with Crippen LogP contribution in [0.15, 0.2) is 0 Å². The highest BCUT2D eigenvalue weighted by molar-refractivity contribution is 5.85. The van der Waals surface area contributed by atoms with E-state index >= 15 is 0 Å². The number of carbonyl (C=O) groups is 1. The van der Waals surface area contributed by atoms with Crippen molar-refractivity contribution < 1.29 is 4.79 Å². The van der Waals surface area contributed by atoms with E-state index in [1.54, 1.807) is 19.0 Å². The summed E-state index contributed by atoms with van der Waals surface area (Å²) >= 11 is 0. The molecule has 0 aromatic carbocycles. The molecule has 0 heterocycles. The van der Waals surface area contributed by atoms with Gasteiger partial charge >= 0.3 is 0 Å². The molecule has 1 amide bonds. The SMILES string of the molecule is C[C@@H](N)CC(=O)N(C)C.Cl. The molecule has 2 N–H and O–H groups in total. The molecule has 0 saturated carbocycles. The molecule has 4 heteroatoms. The summed E-state index contributed by atoms with van der Waals surface area (Å²) in [5.41, 5.74) is 5.38. The number of nitrogens with zero attached hydrogens (tertiary/aromatic N) is 1. The van der Waals surface area contributed by atoms with Gasteiger partial charge in [-0.2, -0.15) is 0 Å². The lowest BCUT2D eigenvalue weighted by molar-refractivity contribution is -0.128. The first-order valence-corrected chi connectivity index (χ1v) is 2.99. The molecule has 62 valence electrons. The molecule has 0 saturated heterocycles. The molecule has 3 nitrogen and oxygen atoms in total. The topological polar surface area (TPSA) is 46.3 Å². The van der Waals surface area contributed by atoms with E-state index in [4.69, 9.17) is 5.73 Å². The Morgan fingerprint density at radius 3 is 2.10 bits per heavy atom. The van der Waals surface area contributed by atoms with E-state index in [1.807, 2.05) is 6.92 Å². The minimum absolute atomic E-state index is 0. The van der Waals surface area contributed by atoms with Crippen molar-refractivity contribution in [1.29, 1.82) is 0 Å². The second-order valence-electron chi connectivity index (χ2n) is 2.47. The van der Waals surface area contributed by atoms with E-state index in [0.717, 1.165) is 0 Å². The maximum Gasteiger partial charge on any atom is 0.223 e. The van der Waals surface area contributed by atoms with Gasteiger partial charge in [-0.3, -0.25) is 4.79 Å². The summed E-state index contributed by atoms with van der Waals surface area (Å²) in [6.07, 6.45) is 0.438. The Bertz CT molecular complexity index is 104. The Labute approximate surface area is 68.0 Å². The van der Waals surface area contributed by atoms with Crippen LogP contribution >= 0.6 is 12.4 Å². The van der Waals surface area contributed by atoms with Gasteiger partial charge in [0.15, 0.2) is 0 Å². The first-order chi connectivity index (χ1) is 4.04. The third-order valence-electron chi connectivity index (χ3n) is 0.995. The monoisotopic (exact) mass is 166 g/mol. The average molecular weight is 167 g/mol. The lowest BCUT2D eigenvalue weighted by Crippen LogP contribution is -2.28. The van der Waals surface area contributed by atoms with Crippen molar-refractivity contribution in [3.05, 3.63) is 0 Å². The van der Waals surface area contributed by atoms with E-state index in [2.05, 4.69) is 0 Å². The van der Waals surface area contributed by atoms with E-state index < -0.39 is 0 Å². The zero-order valence-corrected chi connectivity index (χ0v) is 7.44. The standard InChI is InChI=1S/C6H14N2O.ClH/c1-5(7)4-6(9)8(2)3;/h5H,4,7H2,1-3H3;1H/t5-;/m1./s1. The molecule has 0 radical (unpaired) electrons. The van der Waals surface area contributed by atoms with Crippen molar-refractivity contribution in [1.82, 2.24) is 4.90 Å². The summed E-state index contributed by atoms with van der Waals surface area (Å²) in [6, 6.07) is -0.0279. The van der Waals surface area contributed by atoms with Crippen LogP contribution in [-0.2, 0) is 4.79 Å². The summed E-state index contributed by atoms with van der Waals surface area (Å²) in [5, 5.41) is 0. The van der Waals surface area contributed by atoms with Crippen LogP contribution in [0.4, 0.5) is 0 Å². The second-order valence-corrected chi connectivity index (χ2v) is 2.47. The molecule has 0 unspecified atom stereocenters. The zero-order valence-electron chi connectivity index (χ0n) is 6.63. The fourth-order valence-corrected chi connectivity index (χ4v) is 0.458. The minimum Gasteiger partial charge on any atom is -0.349 e. The van der Waals surface area contributed by atoms with Crippen molar-refractivity contribution in [2.24, 2.45) is 5.73 Å². The number of amides is 1. The Kier molecular flexibility index (Phi) is 6.82. The Balaban J connectivity index is 0. The molecule has 0 rings (SSSR count). The second kappa shape index (κ2) is 5.50. The molecule has 0 aliphatic heterocycles. The van der Waals surface area contributed by atoms with Gasteiger partial charge in [0.1, 0.15) is 0 Å². The number of rotatable bonds is 2. The van der Waals surface area contributed by atoms with E-state index in [0.29, 0.717) is 6.42 Å². The number of hydrogen-bond acceptors (Lipinski definition) is 2. The van der Waals surface area contributed by atoms with Gasteiger partial charge in [0.25, 0.3) is 0 Å². The van der Waals surface area contributed by atoms with Crippen molar-refractivity contribution >= 4 is 18.3 Å². The van der Waals surface area contributed by atoms with Gasteiger partial charge < -0.3 is 10.6 Å². The molecule has 0 fully saturated rings. The van der Waals surface area contributed by atoms with E-state index in [1.165, 1.54) is 0 Å². The van der Waals surface area contributed by atoms with Crippen LogP contribution in [0.5, 0.6) is 0 Å². The number of hydrogen-bond donors (Lipinski definition) is 1. The smallest absolute Gasteiger partial charge is 0.223 e. The molecule has 0 spiro atoms. The fourth-order valence-electron chi connectivity index (χ4n) is 0.458. The summed E-state index contributed by atoms with van der Waals surface area (Å²) in [6.45, 7) is 1.82. The van der Waals surface area contributed by atoms with Crippen LogP contribution in [0.3, 0.4) is 0 Å². The third-order valence-corrected chi connectivity index (χ3v) is 0.995. The van der Waals surface area contributed by atoms with Crippen molar-refractivity contribution in [3.63, 3.8) is 0 Å². The number of carbonyl (C=O) groups excluding carboxylic acids is 1. The largest absolute Gasteiger partial charge is 0.349 e. The predicted molar refractivity (Wildman–Crippen MR) is 44.2 cm³/mol. The van der Waals surface area contributed by atoms with Crippen LogP contribution in [0.2, 0.25) is 0 Å². The highest BCUT2D eigenvalue weighted by Gasteiger charge is 2.05. The maximum absolute atomic E-state index is 10.8. The van der Waals surface area contributed by atoms with Crippen LogP contribution in [0.1, 0.15) is 13.3 Å². The Morgan fingerprint density at radius 2 is 2.00 bits per heavy atom. The third kappa shape index (κ3) is 5.85. The molecule has 0 aliphatic rings.